The third kappa shape index (κ3) is 3.08. The van der Waals surface area contributed by atoms with Gasteiger partial charge in [-0.05, 0) is 13.3 Å². The average Bonchev–Trinajstić information content (AvgIpc) is 2.53. The van der Waals surface area contributed by atoms with Crippen molar-refractivity contribution >= 4 is 22.4 Å². The fourth-order valence-corrected chi connectivity index (χ4v) is 1.69. The quantitative estimate of drug-likeness (QED) is 0.796. The van der Waals surface area contributed by atoms with Gasteiger partial charge in [0.1, 0.15) is 6.10 Å². The molecule has 2 N–H and O–H groups in total. The number of amides is 1. The number of rotatable bonds is 4. The Morgan fingerprint density at radius 3 is 3.07 bits per heavy atom. The minimum atomic E-state index is -0.992. The maximum absolute atomic E-state index is 11.1. The summed E-state index contributed by atoms with van der Waals surface area (Å²) in [6, 6.07) is 0. The molecule has 1 heterocycles. The molecule has 5 heteroatoms. The summed E-state index contributed by atoms with van der Waals surface area (Å²) < 4.78 is 0. The van der Waals surface area contributed by atoms with Crippen LogP contribution in [0.4, 0.5) is 5.13 Å². The summed E-state index contributed by atoms with van der Waals surface area (Å²) >= 11 is 1.38. The van der Waals surface area contributed by atoms with E-state index in [-0.39, 0.29) is 0 Å². The Morgan fingerprint density at radius 2 is 2.50 bits per heavy atom. The standard InChI is InChI=1S/C9H14N2O2S/c1-3-4-7-5-14-9(10-7)11-8(13)6(2)12/h5-6,12H,3-4H2,1-2H3,(H,10,11,13). The lowest BCUT2D eigenvalue weighted by molar-refractivity contribution is -0.123. The Morgan fingerprint density at radius 1 is 1.79 bits per heavy atom. The van der Waals surface area contributed by atoms with Crippen molar-refractivity contribution in [1.82, 2.24) is 4.98 Å². The largest absolute Gasteiger partial charge is 0.384 e. The number of thiazole rings is 1. The number of aliphatic hydroxyl groups is 1. The topological polar surface area (TPSA) is 62.2 Å². The number of hydrogen-bond donors (Lipinski definition) is 2. The lowest BCUT2D eigenvalue weighted by atomic mass is 10.3. The van der Waals surface area contributed by atoms with Crippen LogP contribution in [0.3, 0.4) is 0 Å². The summed E-state index contributed by atoms with van der Waals surface area (Å²) in [5.41, 5.74) is 0.985. The Labute approximate surface area is 87.0 Å². The molecule has 0 spiro atoms. The highest BCUT2D eigenvalue weighted by atomic mass is 32.1. The molecule has 78 valence electrons. The minimum Gasteiger partial charge on any atom is -0.384 e. The molecule has 0 aliphatic carbocycles. The van der Waals surface area contributed by atoms with Crippen LogP contribution in [0, 0.1) is 0 Å². The van der Waals surface area contributed by atoms with Crippen molar-refractivity contribution < 1.29 is 9.90 Å². The van der Waals surface area contributed by atoms with Gasteiger partial charge in [0.05, 0.1) is 5.69 Å². The van der Waals surface area contributed by atoms with Gasteiger partial charge in [0, 0.05) is 5.38 Å². The Kier molecular flexibility index (Phi) is 4.03. The first-order valence-electron chi connectivity index (χ1n) is 4.56. The molecule has 1 aromatic heterocycles. The highest BCUT2D eigenvalue weighted by molar-refractivity contribution is 7.13. The molecule has 1 atom stereocenters. The van der Waals surface area contributed by atoms with Crippen LogP contribution in [0.5, 0.6) is 0 Å². The van der Waals surface area contributed by atoms with Crippen molar-refractivity contribution in [2.75, 3.05) is 5.32 Å². The summed E-state index contributed by atoms with van der Waals surface area (Å²) in [5.74, 6) is -0.414. The molecule has 1 unspecified atom stereocenters. The van der Waals surface area contributed by atoms with E-state index in [4.69, 9.17) is 5.11 Å². The van der Waals surface area contributed by atoms with Gasteiger partial charge in [-0.15, -0.1) is 11.3 Å². The van der Waals surface area contributed by atoms with Crippen molar-refractivity contribution in [3.05, 3.63) is 11.1 Å². The molecule has 1 aromatic rings. The molecule has 0 fully saturated rings. The molecule has 0 aliphatic rings. The minimum absolute atomic E-state index is 0.414. The van der Waals surface area contributed by atoms with Gasteiger partial charge in [-0.2, -0.15) is 0 Å². The van der Waals surface area contributed by atoms with Crippen LogP contribution < -0.4 is 5.32 Å². The van der Waals surface area contributed by atoms with Crippen LogP contribution in [-0.2, 0) is 11.2 Å². The lowest BCUT2D eigenvalue weighted by Crippen LogP contribution is -2.24. The predicted molar refractivity (Wildman–Crippen MR) is 56.4 cm³/mol. The maximum atomic E-state index is 11.1. The van der Waals surface area contributed by atoms with Gasteiger partial charge >= 0.3 is 0 Å². The molecule has 0 saturated carbocycles. The number of aryl methyl sites for hydroxylation is 1. The number of aliphatic hydroxyl groups excluding tert-OH is 1. The number of hydrogen-bond acceptors (Lipinski definition) is 4. The molecule has 1 rings (SSSR count). The van der Waals surface area contributed by atoms with Crippen LogP contribution in [0.25, 0.3) is 0 Å². The highest BCUT2D eigenvalue weighted by Gasteiger charge is 2.10. The van der Waals surface area contributed by atoms with E-state index in [0.29, 0.717) is 5.13 Å². The lowest BCUT2D eigenvalue weighted by Gasteiger charge is -2.02. The normalized spacial score (nSPS) is 12.5. The van der Waals surface area contributed by atoms with Crippen LogP contribution in [-0.4, -0.2) is 22.1 Å². The van der Waals surface area contributed by atoms with E-state index in [0.717, 1.165) is 18.5 Å². The molecule has 0 radical (unpaired) electrons. The summed E-state index contributed by atoms with van der Waals surface area (Å²) in [6.45, 7) is 3.50. The first-order chi connectivity index (χ1) is 6.63. The van der Waals surface area contributed by atoms with E-state index in [2.05, 4.69) is 17.2 Å². The van der Waals surface area contributed by atoms with E-state index in [9.17, 15) is 4.79 Å². The first-order valence-corrected chi connectivity index (χ1v) is 5.44. The number of anilines is 1. The molecular weight excluding hydrogens is 200 g/mol. The first kappa shape index (κ1) is 11.1. The monoisotopic (exact) mass is 214 g/mol. The smallest absolute Gasteiger partial charge is 0.254 e. The molecule has 14 heavy (non-hydrogen) atoms. The molecule has 0 bridgehead atoms. The van der Waals surface area contributed by atoms with Crippen molar-refractivity contribution in [3.8, 4) is 0 Å². The number of carbonyl (C=O) groups excluding carboxylic acids is 1. The second kappa shape index (κ2) is 5.07. The average molecular weight is 214 g/mol. The summed E-state index contributed by atoms with van der Waals surface area (Å²) in [6.07, 6.45) is 0.961. The van der Waals surface area contributed by atoms with Gasteiger partial charge in [0.2, 0.25) is 0 Å². The Hall–Kier alpha value is -0.940. The predicted octanol–water partition coefficient (Wildman–Crippen LogP) is 1.41. The zero-order valence-electron chi connectivity index (χ0n) is 8.28. The van der Waals surface area contributed by atoms with Crippen molar-refractivity contribution in [2.24, 2.45) is 0 Å². The fraction of sp³-hybridized carbons (Fsp3) is 0.556. The van der Waals surface area contributed by atoms with Gasteiger partial charge in [-0.1, -0.05) is 13.3 Å². The second-order valence-electron chi connectivity index (χ2n) is 3.06. The van der Waals surface area contributed by atoms with Crippen LogP contribution in [0.15, 0.2) is 5.38 Å². The van der Waals surface area contributed by atoms with Gasteiger partial charge in [-0.25, -0.2) is 4.98 Å². The Bertz CT molecular complexity index is 310. The van der Waals surface area contributed by atoms with Crippen LogP contribution in [0.1, 0.15) is 26.0 Å². The van der Waals surface area contributed by atoms with Crippen LogP contribution in [0.2, 0.25) is 0 Å². The van der Waals surface area contributed by atoms with E-state index < -0.39 is 12.0 Å². The van der Waals surface area contributed by atoms with E-state index in [1.807, 2.05) is 5.38 Å². The van der Waals surface area contributed by atoms with Crippen LogP contribution >= 0.6 is 11.3 Å². The maximum Gasteiger partial charge on any atom is 0.254 e. The molecule has 0 aromatic carbocycles. The van der Waals surface area contributed by atoms with Gasteiger partial charge in [0.15, 0.2) is 5.13 Å². The van der Waals surface area contributed by atoms with Gasteiger partial charge < -0.3 is 5.11 Å². The zero-order chi connectivity index (χ0) is 10.6. The van der Waals surface area contributed by atoms with Crippen molar-refractivity contribution in [2.45, 2.75) is 32.8 Å². The molecule has 4 nitrogen and oxygen atoms in total. The molecule has 0 saturated heterocycles. The Balaban J connectivity index is 2.55. The number of nitrogens with one attached hydrogen (secondary N) is 1. The van der Waals surface area contributed by atoms with E-state index in [1.54, 1.807) is 0 Å². The van der Waals surface area contributed by atoms with E-state index in [1.165, 1.54) is 18.3 Å². The molecule has 1 amide bonds. The third-order valence-electron chi connectivity index (χ3n) is 1.67. The van der Waals surface area contributed by atoms with Gasteiger partial charge in [0.25, 0.3) is 5.91 Å². The summed E-state index contributed by atoms with van der Waals surface area (Å²) in [7, 11) is 0. The van der Waals surface area contributed by atoms with E-state index >= 15 is 0 Å². The fourth-order valence-electron chi connectivity index (χ4n) is 0.945. The zero-order valence-corrected chi connectivity index (χ0v) is 9.10. The molecular formula is C9H14N2O2S. The van der Waals surface area contributed by atoms with Crippen molar-refractivity contribution in [1.29, 1.82) is 0 Å². The second-order valence-corrected chi connectivity index (χ2v) is 3.92. The molecule has 0 aliphatic heterocycles. The number of aromatic nitrogens is 1. The van der Waals surface area contributed by atoms with Crippen molar-refractivity contribution in [3.63, 3.8) is 0 Å². The number of carbonyl (C=O) groups is 1. The van der Waals surface area contributed by atoms with Gasteiger partial charge in [-0.3, -0.25) is 10.1 Å². The third-order valence-corrected chi connectivity index (χ3v) is 2.47. The SMILES string of the molecule is CCCc1csc(NC(=O)C(C)O)n1. The summed E-state index contributed by atoms with van der Waals surface area (Å²) in [4.78, 5) is 15.3. The summed E-state index contributed by atoms with van der Waals surface area (Å²) in [5, 5.41) is 14.0. The highest BCUT2D eigenvalue weighted by Crippen LogP contribution is 2.16. The number of nitrogens with zero attached hydrogens (tertiary/aromatic N) is 1.